The maximum atomic E-state index is 12.9. The summed E-state index contributed by atoms with van der Waals surface area (Å²) in [5, 5.41) is 0. The predicted molar refractivity (Wildman–Crippen MR) is 85.8 cm³/mol. The van der Waals surface area contributed by atoms with Gasteiger partial charge < -0.3 is 9.80 Å². The fraction of sp³-hybridized carbons (Fsp3) is 0.353. The molecular formula is C17H18F3N3. The van der Waals surface area contributed by atoms with Crippen LogP contribution in [0.3, 0.4) is 0 Å². The zero-order valence-corrected chi connectivity index (χ0v) is 13.1. The number of halogens is 3. The Kier molecular flexibility index (Phi) is 3.92. The second kappa shape index (κ2) is 5.76. The largest absolute Gasteiger partial charge is 0.416 e. The van der Waals surface area contributed by atoms with E-state index in [1.54, 1.807) is 12.1 Å². The normalized spacial score (nSPS) is 15.3. The summed E-state index contributed by atoms with van der Waals surface area (Å²) in [6.07, 6.45) is -3.33. The Morgan fingerprint density at radius 1 is 1.00 bits per heavy atom. The summed E-state index contributed by atoms with van der Waals surface area (Å²) in [4.78, 5) is 8.79. The minimum Gasteiger partial charge on any atom is -0.372 e. The Balaban J connectivity index is 2.05. The average molecular weight is 321 g/mol. The molecule has 6 heteroatoms. The lowest BCUT2D eigenvalue weighted by atomic mass is 10.1. The lowest BCUT2D eigenvalue weighted by Crippen LogP contribution is -2.18. The van der Waals surface area contributed by atoms with Gasteiger partial charge in [-0.1, -0.05) is 12.1 Å². The van der Waals surface area contributed by atoms with Crippen molar-refractivity contribution in [1.29, 1.82) is 0 Å². The molecule has 0 saturated heterocycles. The highest BCUT2D eigenvalue weighted by Crippen LogP contribution is 2.34. The smallest absolute Gasteiger partial charge is 0.372 e. The maximum Gasteiger partial charge on any atom is 0.416 e. The van der Waals surface area contributed by atoms with Crippen molar-refractivity contribution < 1.29 is 13.2 Å². The molecule has 0 spiro atoms. The topological polar surface area (TPSA) is 19.4 Å². The van der Waals surface area contributed by atoms with Gasteiger partial charge in [0.15, 0.2) is 5.82 Å². The fourth-order valence-electron chi connectivity index (χ4n) is 2.81. The Morgan fingerprint density at radius 2 is 1.74 bits per heavy atom. The molecule has 0 unspecified atom stereocenters. The molecule has 122 valence electrons. The van der Waals surface area contributed by atoms with Gasteiger partial charge >= 0.3 is 6.18 Å². The monoisotopic (exact) mass is 321 g/mol. The number of nitrogens with zero attached hydrogens (tertiary/aromatic N) is 3. The molecule has 0 aliphatic carbocycles. The van der Waals surface area contributed by atoms with Gasteiger partial charge in [0.1, 0.15) is 0 Å². The number of hydrogen-bond donors (Lipinski definition) is 0. The summed E-state index contributed by atoms with van der Waals surface area (Å²) < 4.78 is 38.7. The second-order valence-electron chi connectivity index (χ2n) is 5.81. The van der Waals surface area contributed by atoms with Crippen LogP contribution in [0.5, 0.6) is 0 Å². The van der Waals surface area contributed by atoms with Crippen LogP contribution in [0.2, 0.25) is 0 Å². The molecule has 3 nitrogen and oxygen atoms in total. The third-order valence-corrected chi connectivity index (χ3v) is 4.10. The highest BCUT2D eigenvalue weighted by Gasteiger charge is 2.30. The van der Waals surface area contributed by atoms with Gasteiger partial charge in [0, 0.05) is 32.7 Å². The van der Waals surface area contributed by atoms with Crippen molar-refractivity contribution in [1.82, 2.24) is 4.98 Å². The van der Waals surface area contributed by atoms with Crippen LogP contribution in [0, 0.1) is 0 Å². The summed E-state index contributed by atoms with van der Waals surface area (Å²) in [5.41, 5.74) is 1.37. The standard InChI is InChI=1S/C17H18F3N3/c1-22-9-4-10-23(2)16-15(22)8-7-14(21-16)12-5-3-6-13(11-12)17(18,19)20/h3,5-8,11H,4,9-10H2,1-2H3. The van der Waals surface area contributed by atoms with E-state index < -0.39 is 11.7 Å². The molecule has 3 rings (SSSR count). The van der Waals surface area contributed by atoms with Crippen LogP contribution >= 0.6 is 0 Å². The van der Waals surface area contributed by atoms with E-state index in [2.05, 4.69) is 14.8 Å². The van der Waals surface area contributed by atoms with Crippen LogP contribution < -0.4 is 9.80 Å². The van der Waals surface area contributed by atoms with E-state index in [9.17, 15) is 13.2 Å². The molecule has 2 aromatic rings. The summed E-state index contributed by atoms with van der Waals surface area (Å²) in [5.74, 6) is 0.805. The number of hydrogen-bond acceptors (Lipinski definition) is 3. The Bertz CT molecular complexity index is 712. The summed E-state index contributed by atoms with van der Waals surface area (Å²) in [6.45, 7) is 1.80. The van der Waals surface area contributed by atoms with E-state index in [4.69, 9.17) is 0 Å². The van der Waals surface area contributed by atoms with Crippen molar-refractivity contribution >= 4 is 11.5 Å². The number of alkyl halides is 3. The van der Waals surface area contributed by atoms with Gasteiger partial charge in [-0.3, -0.25) is 0 Å². The van der Waals surface area contributed by atoms with Crippen molar-refractivity contribution in [3.05, 3.63) is 42.0 Å². The van der Waals surface area contributed by atoms with Crippen LogP contribution in [0.25, 0.3) is 11.3 Å². The minimum atomic E-state index is -4.35. The Labute approximate surface area is 133 Å². The average Bonchev–Trinajstić information content (AvgIpc) is 2.66. The third kappa shape index (κ3) is 3.11. The number of benzene rings is 1. The molecule has 1 aliphatic heterocycles. The second-order valence-corrected chi connectivity index (χ2v) is 5.81. The molecule has 23 heavy (non-hydrogen) atoms. The molecule has 0 amide bonds. The molecule has 0 N–H and O–H groups in total. The Morgan fingerprint density at radius 3 is 2.48 bits per heavy atom. The first-order valence-corrected chi connectivity index (χ1v) is 7.47. The zero-order chi connectivity index (χ0) is 16.6. The molecule has 0 saturated carbocycles. The summed E-state index contributed by atoms with van der Waals surface area (Å²) >= 11 is 0. The van der Waals surface area contributed by atoms with Crippen LogP contribution in [0.4, 0.5) is 24.7 Å². The maximum absolute atomic E-state index is 12.9. The lowest BCUT2D eigenvalue weighted by molar-refractivity contribution is -0.137. The van der Waals surface area contributed by atoms with E-state index in [1.807, 2.05) is 20.2 Å². The molecule has 1 aromatic heterocycles. The van der Waals surface area contributed by atoms with Gasteiger partial charge in [0.25, 0.3) is 0 Å². The quantitative estimate of drug-likeness (QED) is 0.790. The third-order valence-electron chi connectivity index (χ3n) is 4.10. The van der Waals surface area contributed by atoms with Crippen LogP contribution in [0.15, 0.2) is 36.4 Å². The van der Waals surface area contributed by atoms with E-state index >= 15 is 0 Å². The van der Waals surface area contributed by atoms with Gasteiger partial charge in [-0.05, 0) is 30.7 Å². The highest BCUT2D eigenvalue weighted by atomic mass is 19.4. The first-order chi connectivity index (χ1) is 10.9. The van der Waals surface area contributed by atoms with Gasteiger partial charge in [0.05, 0.1) is 16.9 Å². The molecule has 0 fully saturated rings. The summed E-state index contributed by atoms with van der Waals surface area (Å²) in [6, 6.07) is 9.01. The molecule has 0 bridgehead atoms. The van der Waals surface area contributed by atoms with Crippen molar-refractivity contribution in [3.63, 3.8) is 0 Å². The van der Waals surface area contributed by atoms with Crippen LogP contribution in [-0.4, -0.2) is 32.2 Å². The van der Waals surface area contributed by atoms with Crippen LogP contribution in [-0.2, 0) is 6.18 Å². The predicted octanol–water partition coefficient (Wildman–Crippen LogP) is 4.04. The fourth-order valence-corrected chi connectivity index (χ4v) is 2.81. The summed E-state index contributed by atoms with van der Waals surface area (Å²) in [7, 11) is 3.96. The highest BCUT2D eigenvalue weighted by molar-refractivity contribution is 5.73. The van der Waals surface area contributed by atoms with E-state index in [0.29, 0.717) is 11.3 Å². The lowest BCUT2D eigenvalue weighted by Gasteiger charge is -2.22. The van der Waals surface area contributed by atoms with Crippen molar-refractivity contribution in [2.45, 2.75) is 12.6 Å². The van der Waals surface area contributed by atoms with Gasteiger partial charge in [-0.2, -0.15) is 13.2 Å². The molecule has 0 atom stereocenters. The van der Waals surface area contributed by atoms with E-state index in [0.717, 1.165) is 43.1 Å². The van der Waals surface area contributed by atoms with Crippen LogP contribution in [0.1, 0.15) is 12.0 Å². The van der Waals surface area contributed by atoms with Crippen molar-refractivity contribution in [3.8, 4) is 11.3 Å². The number of fused-ring (bicyclic) bond motifs is 1. The molecule has 0 radical (unpaired) electrons. The number of anilines is 2. The van der Waals surface area contributed by atoms with Gasteiger partial charge in [-0.15, -0.1) is 0 Å². The van der Waals surface area contributed by atoms with E-state index in [1.165, 1.54) is 6.07 Å². The van der Waals surface area contributed by atoms with Gasteiger partial charge in [-0.25, -0.2) is 4.98 Å². The Hall–Kier alpha value is -2.24. The molecular weight excluding hydrogens is 303 g/mol. The van der Waals surface area contributed by atoms with Crippen molar-refractivity contribution in [2.75, 3.05) is 37.0 Å². The van der Waals surface area contributed by atoms with Crippen molar-refractivity contribution in [2.24, 2.45) is 0 Å². The molecule has 1 aromatic carbocycles. The zero-order valence-electron chi connectivity index (χ0n) is 13.1. The first-order valence-electron chi connectivity index (χ1n) is 7.47. The number of aromatic nitrogens is 1. The van der Waals surface area contributed by atoms with E-state index in [-0.39, 0.29) is 0 Å². The van der Waals surface area contributed by atoms with Gasteiger partial charge in [0.2, 0.25) is 0 Å². The minimum absolute atomic E-state index is 0.475. The molecule has 1 aliphatic rings. The number of rotatable bonds is 1. The number of pyridine rings is 1. The molecule has 2 heterocycles. The SMILES string of the molecule is CN1CCCN(C)c2nc(-c3cccc(C(F)(F)F)c3)ccc21. The first kappa shape index (κ1) is 15.6.